The number of hydrogen-bond acceptors (Lipinski definition) is 8. The lowest BCUT2D eigenvalue weighted by Crippen LogP contribution is -2.58. The van der Waals surface area contributed by atoms with Gasteiger partial charge in [-0.05, 0) is 63.6 Å². The molecule has 44 heavy (non-hydrogen) atoms. The van der Waals surface area contributed by atoms with Gasteiger partial charge >= 0.3 is 18.2 Å². The van der Waals surface area contributed by atoms with Crippen LogP contribution in [-0.4, -0.2) is 65.2 Å². The molecule has 0 radical (unpaired) electrons. The molecule has 1 saturated heterocycles. The lowest BCUT2D eigenvalue weighted by Gasteiger charge is -2.37. The Labute approximate surface area is 250 Å². The molecule has 0 saturated carbocycles. The summed E-state index contributed by atoms with van der Waals surface area (Å²) >= 11 is 0. The van der Waals surface area contributed by atoms with Crippen molar-refractivity contribution >= 4 is 34.8 Å². The second-order valence-corrected chi connectivity index (χ2v) is 10.5. The van der Waals surface area contributed by atoms with Crippen LogP contribution in [-0.2, 0) is 25.8 Å². The predicted octanol–water partition coefficient (Wildman–Crippen LogP) is 4.22. The molecule has 234 valence electrons. The van der Waals surface area contributed by atoms with Gasteiger partial charge < -0.3 is 24.5 Å². The molecule has 11 nitrogen and oxygen atoms in total. The molecular weight excluding hydrogens is 585 g/mol. The molecule has 2 heterocycles. The van der Waals surface area contributed by atoms with Crippen LogP contribution in [0.4, 0.5) is 18.0 Å². The Morgan fingerprint density at radius 2 is 1.77 bits per heavy atom. The Bertz CT molecular complexity index is 1530. The van der Waals surface area contributed by atoms with E-state index in [0.29, 0.717) is 5.75 Å². The molecule has 1 aromatic heterocycles. The fraction of sp³-hybridized carbons (Fsp3) is 0.367. The Morgan fingerprint density at radius 1 is 1.07 bits per heavy atom. The number of aromatic nitrogens is 1. The van der Waals surface area contributed by atoms with E-state index in [1.165, 1.54) is 22.5 Å². The normalized spacial score (nSPS) is 16.8. The molecule has 1 aliphatic rings. The number of aryl methyl sites for hydroxylation is 1. The van der Waals surface area contributed by atoms with Crippen LogP contribution in [0.5, 0.6) is 5.75 Å². The number of likely N-dealkylation sites (tertiary alicyclic amines) is 1. The van der Waals surface area contributed by atoms with Crippen molar-refractivity contribution in [3.05, 3.63) is 71.4 Å². The van der Waals surface area contributed by atoms with Crippen molar-refractivity contribution in [2.24, 2.45) is 5.92 Å². The topological polar surface area (TPSA) is 136 Å². The number of halogens is 3. The van der Waals surface area contributed by atoms with E-state index in [1.807, 2.05) is 37.3 Å². The summed E-state index contributed by atoms with van der Waals surface area (Å²) in [4.78, 5) is 59.1. The van der Waals surface area contributed by atoms with Crippen molar-refractivity contribution in [1.82, 2.24) is 20.7 Å². The zero-order valence-electron chi connectivity index (χ0n) is 24.1. The summed E-state index contributed by atoms with van der Waals surface area (Å²) in [5, 5.41) is 3.62. The van der Waals surface area contributed by atoms with Crippen molar-refractivity contribution in [2.75, 3.05) is 13.1 Å². The number of nitrogens with zero attached hydrogens (tertiary/aromatic N) is 2. The SMILES string of the molecule is Cc1cc(COc2ccc(C(=O)N[C@@H]3CN(C(=O)OC(C)C)CC[C@@H]3C(=O)NOC(=O)C(F)(F)F)cc2)c2ccccc2n1. The molecule has 0 unspecified atom stereocenters. The zero-order chi connectivity index (χ0) is 32.0. The summed E-state index contributed by atoms with van der Waals surface area (Å²) in [6, 6.07) is 14.8. The lowest BCUT2D eigenvalue weighted by molar-refractivity contribution is -0.208. The number of nitrogens with one attached hydrogen (secondary N) is 2. The van der Waals surface area contributed by atoms with Crippen LogP contribution in [0.2, 0.25) is 0 Å². The van der Waals surface area contributed by atoms with Crippen molar-refractivity contribution < 1.29 is 46.7 Å². The first-order chi connectivity index (χ1) is 20.8. The minimum atomic E-state index is -5.31. The third kappa shape index (κ3) is 8.14. The number of benzene rings is 2. The summed E-state index contributed by atoms with van der Waals surface area (Å²) in [6.45, 7) is 5.30. The second kappa shape index (κ2) is 13.6. The van der Waals surface area contributed by atoms with Crippen molar-refractivity contribution in [3.63, 3.8) is 0 Å². The van der Waals surface area contributed by atoms with Gasteiger partial charge in [0.25, 0.3) is 11.8 Å². The quantitative estimate of drug-likeness (QED) is 0.377. The monoisotopic (exact) mass is 616 g/mol. The summed E-state index contributed by atoms with van der Waals surface area (Å²) in [6.07, 6.45) is -6.48. The number of carbonyl (C=O) groups excluding carboxylic acids is 4. The Balaban J connectivity index is 1.43. The van der Waals surface area contributed by atoms with E-state index in [1.54, 1.807) is 26.0 Å². The van der Waals surface area contributed by atoms with Crippen molar-refractivity contribution in [2.45, 2.75) is 52.1 Å². The molecular formula is C30H31F3N4O7. The third-order valence-electron chi connectivity index (χ3n) is 6.78. The smallest absolute Gasteiger partial charge is 0.489 e. The number of alkyl halides is 3. The van der Waals surface area contributed by atoms with Crippen LogP contribution in [0, 0.1) is 12.8 Å². The minimum absolute atomic E-state index is 0.0154. The molecule has 2 aromatic carbocycles. The van der Waals surface area contributed by atoms with Crippen LogP contribution in [0.3, 0.4) is 0 Å². The first kappa shape index (κ1) is 32.0. The van der Waals surface area contributed by atoms with Gasteiger partial charge in [0.05, 0.1) is 23.6 Å². The molecule has 1 fully saturated rings. The Kier molecular flexibility index (Phi) is 9.91. The molecule has 2 atom stereocenters. The van der Waals surface area contributed by atoms with E-state index in [9.17, 15) is 32.3 Å². The fourth-order valence-electron chi connectivity index (χ4n) is 4.71. The molecule has 2 N–H and O–H groups in total. The number of carbonyl (C=O) groups is 4. The molecule has 0 bridgehead atoms. The molecule has 4 rings (SSSR count). The maximum absolute atomic E-state index is 13.1. The van der Waals surface area contributed by atoms with E-state index < -0.39 is 48.1 Å². The molecule has 0 spiro atoms. The van der Waals surface area contributed by atoms with Gasteiger partial charge in [-0.15, -0.1) is 0 Å². The predicted molar refractivity (Wildman–Crippen MR) is 150 cm³/mol. The number of ether oxygens (including phenoxy) is 2. The minimum Gasteiger partial charge on any atom is -0.489 e. The number of hydrogen-bond donors (Lipinski definition) is 2. The number of fused-ring (bicyclic) bond motifs is 1. The number of amides is 3. The number of hydroxylamine groups is 1. The van der Waals surface area contributed by atoms with Gasteiger partial charge in [-0.3, -0.25) is 14.6 Å². The van der Waals surface area contributed by atoms with E-state index >= 15 is 0 Å². The van der Waals surface area contributed by atoms with E-state index in [2.05, 4.69) is 15.1 Å². The van der Waals surface area contributed by atoms with Gasteiger partial charge in [-0.25, -0.2) is 9.59 Å². The largest absolute Gasteiger partial charge is 0.493 e. The average molecular weight is 617 g/mol. The molecule has 1 aliphatic heterocycles. The van der Waals surface area contributed by atoms with Gasteiger partial charge in [-0.2, -0.15) is 18.7 Å². The molecule has 0 aliphatic carbocycles. The standard InChI is InChI=1S/C30H31F3N4O7/c1-17(2)43-29(41)37-13-12-23(27(39)36-44-28(40)30(31,32)33)25(15-37)35-26(38)19-8-10-21(11-9-19)42-16-20-14-18(3)34-24-7-5-4-6-22(20)24/h4-11,14,17,23,25H,12-13,15-16H2,1-3H3,(H,35,38)(H,36,39)/t23-,25+/m0/s1. The van der Waals surface area contributed by atoms with Crippen molar-refractivity contribution in [3.8, 4) is 5.75 Å². The van der Waals surface area contributed by atoms with Gasteiger partial charge in [0.2, 0.25) is 0 Å². The Hall–Kier alpha value is -4.88. The molecule has 3 amide bonds. The molecule has 14 heteroatoms. The number of piperidine rings is 1. The van der Waals surface area contributed by atoms with E-state index in [0.717, 1.165) is 22.2 Å². The molecule has 3 aromatic rings. The highest BCUT2D eigenvalue weighted by Crippen LogP contribution is 2.23. The second-order valence-electron chi connectivity index (χ2n) is 10.5. The van der Waals surface area contributed by atoms with Crippen LogP contribution < -0.4 is 15.5 Å². The van der Waals surface area contributed by atoms with E-state index in [-0.39, 0.29) is 31.7 Å². The first-order valence-electron chi connectivity index (χ1n) is 13.7. The van der Waals surface area contributed by atoms with Gasteiger partial charge in [0, 0.05) is 35.3 Å². The van der Waals surface area contributed by atoms with Gasteiger partial charge in [-0.1, -0.05) is 18.2 Å². The first-order valence-corrected chi connectivity index (χ1v) is 13.7. The van der Waals surface area contributed by atoms with Gasteiger partial charge in [0.1, 0.15) is 12.4 Å². The van der Waals surface area contributed by atoms with Crippen LogP contribution in [0.25, 0.3) is 10.9 Å². The van der Waals surface area contributed by atoms with Gasteiger partial charge in [0.15, 0.2) is 0 Å². The van der Waals surface area contributed by atoms with E-state index in [4.69, 9.17) is 9.47 Å². The highest BCUT2D eigenvalue weighted by Gasteiger charge is 2.43. The maximum Gasteiger partial charge on any atom is 0.493 e. The number of para-hydroxylation sites is 1. The lowest BCUT2D eigenvalue weighted by atomic mass is 9.90. The van der Waals surface area contributed by atoms with Crippen molar-refractivity contribution in [1.29, 1.82) is 0 Å². The van der Waals surface area contributed by atoms with Crippen LogP contribution >= 0.6 is 0 Å². The summed E-state index contributed by atoms with van der Waals surface area (Å²) in [5.41, 5.74) is 4.35. The summed E-state index contributed by atoms with van der Waals surface area (Å²) in [5.74, 6) is -4.90. The number of rotatable bonds is 7. The fourth-order valence-corrected chi connectivity index (χ4v) is 4.71. The Morgan fingerprint density at radius 3 is 2.45 bits per heavy atom. The summed E-state index contributed by atoms with van der Waals surface area (Å²) in [7, 11) is 0. The maximum atomic E-state index is 13.1. The zero-order valence-corrected chi connectivity index (χ0v) is 24.1. The third-order valence-corrected chi connectivity index (χ3v) is 6.78. The highest BCUT2D eigenvalue weighted by molar-refractivity contribution is 5.95. The summed E-state index contributed by atoms with van der Waals surface area (Å²) < 4.78 is 48.7. The highest BCUT2D eigenvalue weighted by atomic mass is 19.4. The van der Waals surface area contributed by atoms with Crippen LogP contribution in [0.15, 0.2) is 54.6 Å². The average Bonchev–Trinajstić information content (AvgIpc) is 2.97. The number of pyridine rings is 1. The van der Waals surface area contributed by atoms with Crippen LogP contribution in [0.1, 0.15) is 41.9 Å².